The number of carbonyl (C=O) groups is 1. The predicted octanol–water partition coefficient (Wildman–Crippen LogP) is 2.60. The van der Waals surface area contributed by atoms with Crippen LogP contribution < -0.4 is 5.56 Å². The molecule has 1 aromatic carbocycles. The number of thiophene rings is 1. The smallest absolute Gasteiger partial charge is 0.348 e. The van der Waals surface area contributed by atoms with Crippen molar-refractivity contribution in [2.45, 2.75) is 13.5 Å². The van der Waals surface area contributed by atoms with Crippen LogP contribution in [-0.2, 0) is 11.3 Å². The summed E-state index contributed by atoms with van der Waals surface area (Å²) in [6.07, 6.45) is 1.54. The molecule has 0 spiro atoms. The maximum absolute atomic E-state index is 12.5. The fraction of sp³-hybridized carbons (Fsp3) is 0.188. The van der Waals surface area contributed by atoms with Gasteiger partial charge in [-0.2, -0.15) is 0 Å². The highest BCUT2D eigenvalue weighted by Crippen LogP contribution is 2.18. The average molecular weight is 314 g/mol. The molecule has 3 aromatic rings. The van der Waals surface area contributed by atoms with Crippen LogP contribution in [0.5, 0.6) is 0 Å². The molecule has 0 aliphatic carbocycles. The highest BCUT2D eigenvalue weighted by Gasteiger charge is 2.10. The summed E-state index contributed by atoms with van der Waals surface area (Å²) in [6, 6.07) is 9.15. The van der Waals surface area contributed by atoms with Crippen LogP contribution in [0.2, 0.25) is 0 Å². The lowest BCUT2D eigenvalue weighted by molar-refractivity contribution is 0.0606. The number of fused-ring (bicyclic) bond motifs is 1. The van der Waals surface area contributed by atoms with Gasteiger partial charge in [0.25, 0.3) is 5.56 Å². The zero-order chi connectivity index (χ0) is 15.7. The minimum Gasteiger partial charge on any atom is -0.465 e. The molecule has 0 N–H and O–H groups in total. The molecule has 0 amide bonds. The Morgan fingerprint density at radius 2 is 2.14 bits per heavy atom. The van der Waals surface area contributed by atoms with Crippen molar-refractivity contribution in [3.8, 4) is 0 Å². The molecule has 0 atom stereocenters. The van der Waals surface area contributed by atoms with E-state index in [1.54, 1.807) is 10.6 Å². The van der Waals surface area contributed by atoms with Gasteiger partial charge in [-0.15, -0.1) is 11.3 Å². The van der Waals surface area contributed by atoms with Crippen molar-refractivity contribution >= 4 is 28.2 Å². The second kappa shape index (κ2) is 5.73. The largest absolute Gasteiger partial charge is 0.465 e. The summed E-state index contributed by atoms with van der Waals surface area (Å²) in [5, 5.41) is 0.604. The van der Waals surface area contributed by atoms with Gasteiger partial charge in [-0.25, -0.2) is 9.78 Å². The lowest BCUT2D eigenvalue weighted by atomic mass is 10.2. The van der Waals surface area contributed by atoms with Crippen LogP contribution in [-0.4, -0.2) is 22.6 Å². The minimum absolute atomic E-state index is 0.0817. The lowest BCUT2D eigenvalue weighted by Gasteiger charge is -2.05. The Kier molecular flexibility index (Phi) is 3.77. The molecule has 2 aromatic heterocycles. The first-order valence-electron chi connectivity index (χ1n) is 6.71. The third-order valence-electron chi connectivity index (χ3n) is 3.35. The van der Waals surface area contributed by atoms with Crippen molar-refractivity contribution < 1.29 is 9.53 Å². The number of ether oxygens (including phenoxy) is 1. The molecule has 5 nitrogen and oxygen atoms in total. The van der Waals surface area contributed by atoms with Gasteiger partial charge in [0.15, 0.2) is 0 Å². The van der Waals surface area contributed by atoms with Gasteiger partial charge in [-0.05, 0) is 31.2 Å². The van der Waals surface area contributed by atoms with Crippen LogP contribution in [0.1, 0.15) is 20.1 Å². The van der Waals surface area contributed by atoms with Crippen molar-refractivity contribution in [2.75, 3.05) is 7.11 Å². The number of rotatable bonds is 3. The molecule has 0 bridgehead atoms. The van der Waals surface area contributed by atoms with E-state index in [1.165, 1.54) is 24.8 Å². The Morgan fingerprint density at radius 1 is 1.32 bits per heavy atom. The molecule has 0 aliphatic heterocycles. The molecule has 112 valence electrons. The maximum Gasteiger partial charge on any atom is 0.348 e. The summed E-state index contributed by atoms with van der Waals surface area (Å²) in [5.74, 6) is -0.365. The highest BCUT2D eigenvalue weighted by molar-refractivity contribution is 7.13. The molecule has 6 heteroatoms. The summed E-state index contributed by atoms with van der Waals surface area (Å²) in [4.78, 5) is 29.7. The van der Waals surface area contributed by atoms with E-state index in [0.29, 0.717) is 22.3 Å². The van der Waals surface area contributed by atoms with E-state index in [1.807, 2.05) is 31.2 Å². The van der Waals surface area contributed by atoms with Gasteiger partial charge < -0.3 is 4.74 Å². The van der Waals surface area contributed by atoms with Gasteiger partial charge in [0.05, 0.1) is 30.9 Å². The topological polar surface area (TPSA) is 61.2 Å². The van der Waals surface area contributed by atoms with Crippen LogP contribution in [0.15, 0.2) is 41.5 Å². The first kappa shape index (κ1) is 14.5. The zero-order valence-electron chi connectivity index (χ0n) is 12.2. The van der Waals surface area contributed by atoms with Crippen molar-refractivity contribution in [3.63, 3.8) is 0 Å². The monoisotopic (exact) mass is 314 g/mol. The summed E-state index contributed by atoms with van der Waals surface area (Å²) >= 11 is 1.32. The van der Waals surface area contributed by atoms with Gasteiger partial charge in [-0.1, -0.05) is 11.6 Å². The van der Waals surface area contributed by atoms with Gasteiger partial charge in [0.2, 0.25) is 0 Å². The van der Waals surface area contributed by atoms with Crippen LogP contribution >= 0.6 is 11.3 Å². The minimum atomic E-state index is -0.365. The van der Waals surface area contributed by atoms with Gasteiger partial charge in [0, 0.05) is 4.88 Å². The number of hydrogen-bond donors (Lipinski definition) is 0. The number of aryl methyl sites for hydroxylation is 1. The number of benzene rings is 1. The number of methoxy groups -OCH3 is 1. The summed E-state index contributed by atoms with van der Waals surface area (Å²) in [7, 11) is 1.35. The molecule has 0 fully saturated rings. The molecular formula is C16H14N2O3S. The van der Waals surface area contributed by atoms with E-state index in [9.17, 15) is 9.59 Å². The number of carbonyl (C=O) groups excluding carboxylic acids is 1. The molecular weight excluding hydrogens is 300 g/mol. The average Bonchev–Trinajstić information content (AvgIpc) is 2.98. The molecule has 0 saturated heterocycles. The van der Waals surface area contributed by atoms with E-state index >= 15 is 0 Å². The zero-order valence-corrected chi connectivity index (χ0v) is 13.0. The molecule has 3 rings (SSSR count). The van der Waals surface area contributed by atoms with Gasteiger partial charge in [0.1, 0.15) is 4.88 Å². The first-order chi connectivity index (χ1) is 10.6. The molecule has 0 saturated carbocycles. The number of hydrogen-bond acceptors (Lipinski definition) is 5. The molecule has 0 aliphatic rings. The Labute approximate surface area is 130 Å². The van der Waals surface area contributed by atoms with Crippen molar-refractivity contribution in [1.29, 1.82) is 0 Å². The summed E-state index contributed by atoms with van der Waals surface area (Å²) < 4.78 is 6.24. The third-order valence-corrected chi connectivity index (χ3v) is 4.40. The second-order valence-corrected chi connectivity index (χ2v) is 6.12. The Hall–Kier alpha value is -2.47. The van der Waals surface area contributed by atoms with E-state index in [-0.39, 0.29) is 11.5 Å². The normalized spacial score (nSPS) is 10.8. The van der Waals surface area contributed by atoms with E-state index < -0.39 is 0 Å². The third kappa shape index (κ3) is 2.65. The quantitative estimate of drug-likeness (QED) is 0.697. The van der Waals surface area contributed by atoms with Gasteiger partial charge in [-0.3, -0.25) is 9.36 Å². The summed E-state index contributed by atoms with van der Waals surface area (Å²) in [5.41, 5.74) is 1.63. The van der Waals surface area contributed by atoms with E-state index in [0.717, 1.165) is 10.4 Å². The Balaban J connectivity index is 1.97. The number of aromatic nitrogens is 2. The fourth-order valence-electron chi connectivity index (χ4n) is 2.23. The fourth-order valence-corrected chi connectivity index (χ4v) is 3.15. The Morgan fingerprint density at radius 3 is 2.91 bits per heavy atom. The number of esters is 1. The van der Waals surface area contributed by atoms with E-state index in [4.69, 9.17) is 0 Å². The Bertz CT molecular complexity index is 911. The maximum atomic E-state index is 12.5. The molecule has 2 heterocycles. The highest BCUT2D eigenvalue weighted by atomic mass is 32.1. The predicted molar refractivity (Wildman–Crippen MR) is 85.5 cm³/mol. The molecule has 0 unspecified atom stereocenters. The standard InChI is InChI=1S/C16H14N2O3S/c1-10-3-5-13-12(7-10)15(19)18(9-17-13)8-11-4-6-14(22-11)16(20)21-2/h3-7,9H,8H2,1-2H3. The van der Waals surface area contributed by atoms with Crippen LogP contribution in [0.25, 0.3) is 10.9 Å². The lowest BCUT2D eigenvalue weighted by Crippen LogP contribution is -2.20. The summed E-state index contributed by atoms with van der Waals surface area (Å²) in [6.45, 7) is 2.33. The van der Waals surface area contributed by atoms with Crippen molar-refractivity contribution in [3.05, 3.63) is 62.3 Å². The molecule has 0 radical (unpaired) electrons. The van der Waals surface area contributed by atoms with E-state index in [2.05, 4.69) is 9.72 Å². The van der Waals surface area contributed by atoms with Gasteiger partial charge >= 0.3 is 5.97 Å². The second-order valence-electron chi connectivity index (χ2n) is 4.96. The SMILES string of the molecule is COC(=O)c1ccc(Cn2cnc3ccc(C)cc3c2=O)s1. The van der Waals surface area contributed by atoms with Crippen LogP contribution in [0.4, 0.5) is 0 Å². The van der Waals surface area contributed by atoms with Crippen LogP contribution in [0, 0.1) is 6.92 Å². The first-order valence-corrected chi connectivity index (χ1v) is 7.53. The van der Waals surface area contributed by atoms with Crippen LogP contribution in [0.3, 0.4) is 0 Å². The molecule has 22 heavy (non-hydrogen) atoms. The number of nitrogens with zero attached hydrogens (tertiary/aromatic N) is 2. The van der Waals surface area contributed by atoms with Crippen molar-refractivity contribution in [1.82, 2.24) is 9.55 Å². The van der Waals surface area contributed by atoms with Crippen molar-refractivity contribution in [2.24, 2.45) is 0 Å².